The summed E-state index contributed by atoms with van der Waals surface area (Å²) >= 11 is 0. The van der Waals surface area contributed by atoms with Crippen LogP contribution < -0.4 is 5.73 Å². The zero-order valence-corrected chi connectivity index (χ0v) is 10.2. The molecule has 0 aromatic rings. The van der Waals surface area contributed by atoms with Gasteiger partial charge in [0.05, 0.1) is 12.7 Å². The Kier molecular flexibility index (Phi) is 7.09. The van der Waals surface area contributed by atoms with Gasteiger partial charge in [-0.1, -0.05) is 20.8 Å². The summed E-state index contributed by atoms with van der Waals surface area (Å²) in [6.45, 7) is 9.09. The summed E-state index contributed by atoms with van der Waals surface area (Å²) < 4.78 is 0. The molecule has 1 atom stereocenters. The number of rotatable bonds is 8. The van der Waals surface area contributed by atoms with Gasteiger partial charge in [-0.2, -0.15) is 0 Å². The van der Waals surface area contributed by atoms with Crippen LogP contribution in [0.2, 0.25) is 0 Å². The highest BCUT2D eigenvalue weighted by molar-refractivity contribution is 4.76. The Morgan fingerprint density at radius 3 is 2.40 bits per heavy atom. The maximum absolute atomic E-state index is 9.40. The van der Waals surface area contributed by atoms with Gasteiger partial charge in [-0.15, -0.1) is 0 Å². The molecular weight excluding hydrogens is 192 g/mol. The zero-order chi connectivity index (χ0) is 11.9. The van der Waals surface area contributed by atoms with Crippen LogP contribution >= 0.6 is 0 Å². The molecule has 15 heavy (non-hydrogen) atoms. The lowest BCUT2D eigenvalue weighted by molar-refractivity contribution is 0.0476. The lowest BCUT2D eigenvalue weighted by atomic mass is 9.93. The Bertz CT molecular complexity index is 163. The second-order valence-corrected chi connectivity index (χ2v) is 4.94. The summed E-state index contributed by atoms with van der Waals surface area (Å²) in [4.78, 5) is 2.16. The molecular formula is C11H26N2O2. The summed E-state index contributed by atoms with van der Waals surface area (Å²) in [7, 11) is 0. The SMILES string of the molecule is CCCN(CC(O)CO)CC(C)(C)CN. The van der Waals surface area contributed by atoms with Crippen molar-refractivity contribution in [2.75, 3.05) is 32.8 Å². The second-order valence-electron chi connectivity index (χ2n) is 4.94. The van der Waals surface area contributed by atoms with Gasteiger partial charge < -0.3 is 20.8 Å². The highest BCUT2D eigenvalue weighted by Gasteiger charge is 2.21. The van der Waals surface area contributed by atoms with E-state index in [0.29, 0.717) is 13.1 Å². The first kappa shape index (κ1) is 14.8. The van der Waals surface area contributed by atoms with Crippen molar-refractivity contribution in [3.8, 4) is 0 Å². The van der Waals surface area contributed by atoms with Crippen molar-refractivity contribution in [3.05, 3.63) is 0 Å². The molecule has 0 fully saturated rings. The number of nitrogens with two attached hydrogens (primary N) is 1. The normalized spacial score (nSPS) is 14.6. The molecule has 92 valence electrons. The fraction of sp³-hybridized carbons (Fsp3) is 1.00. The molecule has 4 N–H and O–H groups in total. The van der Waals surface area contributed by atoms with E-state index in [1.54, 1.807) is 0 Å². The predicted molar refractivity (Wildman–Crippen MR) is 62.7 cm³/mol. The fourth-order valence-electron chi connectivity index (χ4n) is 1.58. The van der Waals surface area contributed by atoms with E-state index in [1.807, 2.05) is 0 Å². The Morgan fingerprint density at radius 1 is 1.40 bits per heavy atom. The third-order valence-corrected chi connectivity index (χ3v) is 2.42. The topological polar surface area (TPSA) is 69.7 Å². The number of hydrogen-bond acceptors (Lipinski definition) is 4. The van der Waals surface area contributed by atoms with Crippen molar-refractivity contribution < 1.29 is 10.2 Å². The molecule has 0 rings (SSSR count). The van der Waals surface area contributed by atoms with Crippen molar-refractivity contribution in [1.29, 1.82) is 0 Å². The van der Waals surface area contributed by atoms with Gasteiger partial charge in [-0.05, 0) is 24.9 Å². The van der Waals surface area contributed by atoms with Crippen molar-refractivity contribution >= 4 is 0 Å². The number of hydrogen-bond donors (Lipinski definition) is 3. The van der Waals surface area contributed by atoms with Gasteiger partial charge >= 0.3 is 0 Å². The number of aliphatic hydroxyl groups is 2. The average molecular weight is 218 g/mol. The summed E-state index contributed by atoms with van der Waals surface area (Å²) in [6, 6.07) is 0. The average Bonchev–Trinajstić information content (AvgIpc) is 2.17. The van der Waals surface area contributed by atoms with E-state index in [4.69, 9.17) is 10.8 Å². The van der Waals surface area contributed by atoms with Gasteiger partial charge in [0.2, 0.25) is 0 Å². The summed E-state index contributed by atoms with van der Waals surface area (Å²) in [5, 5.41) is 18.2. The smallest absolute Gasteiger partial charge is 0.0897 e. The molecule has 1 unspecified atom stereocenters. The molecule has 0 bridgehead atoms. The molecule has 0 amide bonds. The predicted octanol–water partition coefficient (Wildman–Crippen LogP) is 0.0365. The van der Waals surface area contributed by atoms with Crippen molar-refractivity contribution in [2.24, 2.45) is 11.1 Å². The van der Waals surface area contributed by atoms with E-state index in [9.17, 15) is 5.11 Å². The van der Waals surface area contributed by atoms with Crippen LogP contribution in [0.15, 0.2) is 0 Å². The van der Waals surface area contributed by atoms with Gasteiger partial charge in [0, 0.05) is 13.1 Å². The first-order valence-corrected chi connectivity index (χ1v) is 5.66. The fourth-order valence-corrected chi connectivity index (χ4v) is 1.58. The Labute approximate surface area is 93.1 Å². The van der Waals surface area contributed by atoms with Crippen molar-refractivity contribution in [2.45, 2.75) is 33.3 Å². The van der Waals surface area contributed by atoms with E-state index in [1.165, 1.54) is 0 Å². The van der Waals surface area contributed by atoms with Crippen LogP contribution in [0.4, 0.5) is 0 Å². The lowest BCUT2D eigenvalue weighted by Gasteiger charge is -2.32. The molecule has 0 saturated carbocycles. The van der Waals surface area contributed by atoms with Crippen LogP contribution in [0.25, 0.3) is 0 Å². The van der Waals surface area contributed by atoms with Crippen LogP contribution in [0.1, 0.15) is 27.2 Å². The Hall–Kier alpha value is -0.160. The highest BCUT2D eigenvalue weighted by Crippen LogP contribution is 2.15. The third kappa shape index (κ3) is 6.84. The molecule has 0 aliphatic carbocycles. The molecule has 0 aromatic heterocycles. The first-order chi connectivity index (χ1) is 6.95. The molecule has 0 spiro atoms. The van der Waals surface area contributed by atoms with E-state index < -0.39 is 6.10 Å². The zero-order valence-electron chi connectivity index (χ0n) is 10.2. The van der Waals surface area contributed by atoms with Gasteiger partial charge in [0.25, 0.3) is 0 Å². The first-order valence-electron chi connectivity index (χ1n) is 5.66. The van der Waals surface area contributed by atoms with Crippen molar-refractivity contribution in [3.63, 3.8) is 0 Å². The molecule has 4 nitrogen and oxygen atoms in total. The van der Waals surface area contributed by atoms with Crippen LogP contribution in [-0.2, 0) is 0 Å². The third-order valence-electron chi connectivity index (χ3n) is 2.42. The van der Waals surface area contributed by atoms with E-state index in [0.717, 1.165) is 19.5 Å². The minimum Gasteiger partial charge on any atom is -0.394 e. The molecule has 0 saturated heterocycles. The Morgan fingerprint density at radius 2 is 2.00 bits per heavy atom. The van der Waals surface area contributed by atoms with Crippen LogP contribution in [0.5, 0.6) is 0 Å². The Balaban J connectivity index is 4.14. The van der Waals surface area contributed by atoms with Gasteiger partial charge in [0.1, 0.15) is 0 Å². The molecule has 0 radical (unpaired) electrons. The van der Waals surface area contributed by atoms with Crippen molar-refractivity contribution in [1.82, 2.24) is 4.90 Å². The second kappa shape index (κ2) is 7.17. The quantitative estimate of drug-likeness (QED) is 0.538. The minimum absolute atomic E-state index is 0.0599. The largest absolute Gasteiger partial charge is 0.394 e. The van der Waals surface area contributed by atoms with Crippen LogP contribution in [-0.4, -0.2) is 54.0 Å². The molecule has 0 aromatic carbocycles. The standard InChI is InChI=1S/C11H26N2O2/c1-4-5-13(6-10(15)7-14)9-11(2,3)8-12/h10,14-15H,4-9,12H2,1-3H3. The molecule has 0 aliphatic heterocycles. The maximum atomic E-state index is 9.40. The maximum Gasteiger partial charge on any atom is 0.0897 e. The van der Waals surface area contributed by atoms with Gasteiger partial charge in [0.15, 0.2) is 0 Å². The van der Waals surface area contributed by atoms with E-state index >= 15 is 0 Å². The van der Waals surface area contributed by atoms with Gasteiger partial charge in [-0.25, -0.2) is 0 Å². The number of aliphatic hydroxyl groups excluding tert-OH is 2. The molecule has 4 heteroatoms. The number of nitrogens with zero attached hydrogens (tertiary/aromatic N) is 1. The van der Waals surface area contributed by atoms with E-state index in [2.05, 4.69) is 25.7 Å². The summed E-state index contributed by atoms with van der Waals surface area (Å²) in [5.41, 5.74) is 5.74. The molecule has 0 heterocycles. The van der Waals surface area contributed by atoms with Crippen LogP contribution in [0, 0.1) is 5.41 Å². The van der Waals surface area contributed by atoms with Gasteiger partial charge in [-0.3, -0.25) is 0 Å². The molecule has 0 aliphatic rings. The van der Waals surface area contributed by atoms with E-state index in [-0.39, 0.29) is 12.0 Å². The highest BCUT2D eigenvalue weighted by atomic mass is 16.3. The monoisotopic (exact) mass is 218 g/mol. The summed E-state index contributed by atoms with van der Waals surface area (Å²) in [6.07, 6.45) is 0.392. The van der Waals surface area contributed by atoms with Crippen LogP contribution in [0.3, 0.4) is 0 Å². The lowest BCUT2D eigenvalue weighted by Crippen LogP contribution is -2.43. The summed E-state index contributed by atoms with van der Waals surface area (Å²) in [5.74, 6) is 0. The minimum atomic E-state index is -0.648.